The van der Waals surface area contributed by atoms with E-state index in [0.717, 1.165) is 42.3 Å². The van der Waals surface area contributed by atoms with Crippen molar-refractivity contribution in [2.75, 3.05) is 20.1 Å². The molecule has 1 aromatic carbocycles. The van der Waals surface area contributed by atoms with Gasteiger partial charge in [0.2, 0.25) is 0 Å². The zero-order valence-electron chi connectivity index (χ0n) is 12.2. The molecule has 4 nitrogen and oxygen atoms in total. The van der Waals surface area contributed by atoms with Crippen LogP contribution in [0.5, 0.6) is 0 Å². The number of H-pyrrole nitrogens is 1. The van der Waals surface area contributed by atoms with E-state index in [1.165, 1.54) is 30.5 Å². The van der Waals surface area contributed by atoms with Crippen molar-refractivity contribution in [1.82, 2.24) is 15.6 Å². The highest BCUT2D eigenvalue weighted by molar-refractivity contribution is 5.83. The van der Waals surface area contributed by atoms with Crippen LogP contribution >= 0.6 is 0 Å². The Labute approximate surface area is 123 Å². The van der Waals surface area contributed by atoms with E-state index in [0.29, 0.717) is 0 Å². The summed E-state index contributed by atoms with van der Waals surface area (Å²) in [5.74, 6) is 1.47. The molecule has 0 unspecified atom stereocenters. The van der Waals surface area contributed by atoms with Crippen molar-refractivity contribution in [2.24, 2.45) is 10.9 Å². The van der Waals surface area contributed by atoms with Crippen LogP contribution in [0.2, 0.25) is 0 Å². The molecule has 0 radical (unpaired) electrons. The molecule has 5 heteroatoms. The number of nitrogens with one attached hydrogen (secondary N) is 3. The minimum Gasteiger partial charge on any atom is -0.361 e. The Kier molecular flexibility index (Phi) is 4.08. The van der Waals surface area contributed by atoms with Crippen LogP contribution < -0.4 is 10.6 Å². The van der Waals surface area contributed by atoms with Crippen molar-refractivity contribution in [3.05, 3.63) is 35.8 Å². The van der Waals surface area contributed by atoms with Gasteiger partial charge in [0, 0.05) is 37.2 Å². The second-order valence-electron chi connectivity index (χ2n) is 5.58. The van der Waals surface area contributed by atoms with Crippen molar-refractivity contribution in [1.29, 1.82) is 0 Å². The van der Waals surface area contributed by atoms with E-state index in [1.54, 1.807) is 7.05 Å². The maximum absolute atomic E-state index is 13.1. The summed E-state index contributed by atoms with van der Waals surface area (Å²) in [6.07, 6.45) is 5.48. The Morgan fingerprint density at radius 3 is 3.00 bits per heavy atom. The summed E-state index contributed by atoms with van der Waals surface area (Å²) in [4.78, 5) is 7.33. The van der Waals surface area contributed by atoms with E-state index in [-0.39, 0.29) is 5.82 Å². The van der Waals surface area contributed by atoms with Crippen LogP contribution in [0, 0.1) is 11.7 Å². The zero-order chi connectivity index (χ0) is 14.7. The average Bonchev–Trinajstić information content (AvgIpc) is 3.23. The molecule has 21 heavy (non-hydrogen) atoms. The molecule has 0 spiro atoms. The summed E-state index contributed by atoms with van der Waals surface area (Å²) in [6.45, 7) is 1.81. The maximum atomic E-state index is 13.1. The van der Waals surface area contributed by atoms with E-state index in [1.807, 2.05) is 12.3 Å². The minimum absolute atomic E-state index is 0.210. The van der Waals surface area contributed by atoms with Gasteiger partial charge in [0.25, 0.3) is 0 Å². The van der Waals surface area contributed by atoms with E-state index in [9.17, 15) is 4.39 Å². The Balaban J connectivity index is 1.53. The van der Waals surface area contributed by atoms with Gasteiger partial charge in [-0.1, -0.05) is 0 Å². The van der Waals surface area contributed by atoms with Crippen LogP contribution in [-0.2, 0) is 6.42 Å². The van der Waals surface area contributed by atoms with Crippen LogP contribution in [0.3, 0.4) is 0 Å². The number of nitrogens with zero attached hydrogens (tertiary/aromatic N) is 1. The molecule has 1 aliphatic carbocycles. The van der Waals surface area contributed by atoms with Gasteiger partial charge in [0.1, 0.15) is 5.82 Å². The van der Waals surface area contributed by atoms with Crippen molar-refractivity contribution in [3.8, 4) is 0 Å². The number of hydrogen-bond acceptors (Lipinski definition) is 1. The molecule has 1 heterocycles. The Morgan fingerprint density at radius 2 is 2.24 bits per heavy atom. The fourth-order valence-corrected chi connectivity index (χ4v) is 2.46. The van der Waals surface area contributed by atoms with Gasteiger partial charge >= 0.3 is 0 Å². The summed E-state index contributed by atoms with van der Waals surface area (Å²) >= 11 is 0. The molecule has 3 rings (SSSR count). The number of hydrogen-bond donors (Lipinski definition) is 3. The smallest absolute Gasteiger partial charge is 0.190 e. The third kappa shape index (κ3) is 3.54. The van der Waals surface area contributed by atoms with E-state index < -0.39 is 0 Å². The molecule has 3 N–H and O–H groups in total. The number of guanidine groups is 1. The number of rotatable bonds is 5. The first-order valence-corrected chi connectivity index (χ1v) is 7.46. The molecule has 1 aliphatic rings. The van der Waals surface area contributed by atoms with Gasteiger partial charge in [0.05, 0.1) is 0 Å². The first kappa shape index (κ1) is 13.9. The van der Waals surface area contributed by atoms with Crippen LogP contribution in [0.1, 0.15) is 18.4 Å². The zero-order valence-corrected chi connectivity index (χ0v) is 12.2. The molecule has 0 amide bonds. The van der Waals surface area contributed by atoms with Crippen LogP contribution in [-0.4, -0.2) is 31.1 Å². The van der Waals surface area contributed by atoms with Crippen molar-refractivity contribution in [3.63, 3.8) is 0 Å². The molecule has 0 saturated heterocycles. The largest absolute Gasteiger partial charge is 0.361 e. The topological polar surface area (TPSA) is 52.2 Å². The molecule has 1 fully saturated rings. The van der Waals surface area contributed by atoms with Gasteiger partial charge in [-0.15, -0.1) is 0 Å². The standard InChI is InChI=1S/C16H21FN4/c1-18-16(21-9-11-2-3-11)19-7-6-12-10-20-15-8-13(17)4-5-14(12)15/h4-5,8,10-11,20H,2-3,6-7,9H2,1H3,(H2,18,19,21). The summed E-state index contributed by atoms with van der Waals surface area (Å²) in [5.41, 5.74) is 2.04. The molecule has 0 aliphatic heterocycles. The lowest BCUT2D eigenvalue weighted by atomic mass is 10.1. The molecule has 1 aromatic heterocycles. The van der Waals surface area contributed by atoms with Gasteiger partial charge in [-0.25, -0.2) is 4.39 Å². The number of fused-ring (bicyclic) bond motifs is 1. The van der Waals surface area contributed by atoms with Crippen molar-refractivity contribution in [2.45, 2.75) is 19.3 Å². The molecule has 112 valence electrons. The summed E-state index contributed by atoms with van der Waals surface area (Å²) < 4.78 is 13.1. The normalized spacial score (nSPS) is 15.4. The molecule has 1 saturated carbocycles. The lowest BCUT2D eigenvalue weighted by molar-refractivity contribution is 0.629. The molecule has 0 bridgehead atoms. The maximum Gasteiger partial charge on any atom is 0.190 e. The lowest BCUT2D eigenvalue weighted by Gasteiger charge is -2.11. The summed E-state index contributed by atoms with van der Waals surface area (Å²) in [7, 11) is 1.79. The van der Waals surface area contributed by atoms with Crippen LogP contribution in [0.4, 0.5) is 4.39 Å². The first-order chi connectivity index (χ1) is 10.3. The third-order valence-corrected chi connectivity index (χ3v) is 3.89. The lowest BCUT2D eigenvalue weighted by Crippen LogP contribution is -2.39. The average molecular weight is 288 g/mol. The number of benzene rings is 1. The Bertz CT molecular complexity index is 643. The molecule has 2 aromatic rings. The van der Waals surface area contributed by atoms with Crippen LogP contribution in [0.15, 0.2) is 29.4 Å². The second-order valence-corrected chi connectivity index (χ2v) is 5.58. The highest BCUT2D eigenvalue weighted by Gasteiger charge is 2.20. The molecular formula is C16H21FN4. The Hall–Kier alpha value is -2.04. The van der Waals surface area contributed by atoms with Gasteiger partial charge in [-0.05, 0) is 48.9 Å². The quantitative estimate of drug-likeness (QED) is 0.584. The van der Waals surface area contributed by atoms with E-state index in [2.05, 4.69) is 20.6 Å². The summed E-state index contributed by atoms with van der Waals surface area (Å²) in [5, 5.41) is 7.74. The third-order valence-electron chi connectivity index (χ3n) is 3.89. The Morgan fingerprint density at radius 1 is 1.38 bits per heavy atom. The highest BCUT2D eigenvalue weighted by Crippen LogP contribution is 2.27. The number of halogens is 1. The van der Waals surface area contributed by atoms with Gasteiger partial charge in [-0.3, -0.25) is 4.99 Å². The first-order valence-electron chi connectivity index (χ1n) is 7.46. The van der Waals surface area contributed by atoms with Crippen molar-refractivity contribution < 1.29 is 4.39 Å². The van der Waals surface area contributed by atoms with E-state index in [4.69, 9.17) is 0 Å². The SMILES string of the molecule is CN=C(NCCc1c[nH]c2cc(F)ccc12)NCC1CC1. The van der Waals surface area contributed by atoms with Gasteiger partial charge in [-0.2, -0.15) is 0 Å². The number of aromatic nitrogens is 1. The highest BCUT2D eigenvalue weighted by atomic mass is 19.1. The van der Waals surface area contributed by atoms with Gasteiger partial charge < -0.3 is 15.6 Å². The molecular weight excluding hydrogens is 267 g/mol. The monoisotopic (exact) mass is 288 g/mol. The predicted octanol–water partition coefficient (Wildman–Crippen LogP) is 2.42. The minimum atomic E-state index is -0.210. The molecule has 0 atom stereocenters. The summed E-state index contributed by atoms with van der Waals surface area (Å²) in [6, 6.07) is 4.86. The second kappa shape index (κ2) is 6.16. The predicted molar refractivity (Wildman–Crippen MR) is 84.0 cm³/mol. The van der Waals surface area contributed by atoms with Crippen molar-refractivity contribution >= 4 is 16.9 Å². The fourth-order valence-electron chi connectivity index (χ4n) is 2.46. The van der Waals surface area contributed by atoms with Gasteiger partial charge in [0.15, 0.2) is 5.96 Å². The van der Waals surface area contributed by atoms with E-state index >= 15 is 0 Å². The fraction of sp³-hybridized carbons (Fsp3) is 0.438. The van der Waals surface area contributed by atoms with Crippen LogP contribution in [0.25, 0.3) is 10.9 Å². The number of aromatic amines is 1. The number of aliphatic imine (C=N–C) groups is 1.